The molecule has 0 saturated carbocycles. The third kappa shape index (κ3) is 9.90. The normalized spacial score (nSPS) is 6.17. The molecule has 0 aliphatic heterocycles. The number of aliphatic carboxylic acids is 1. The van der Waals surface area contributed by atoms with Crippen molar-refractivity contribution in [3.63, 3.8) is 0 Å². The molecule has 0 aromatic heterocycles. The van der Waals surface area contributed by atoms with Gasteiger partial charge in [-0.2, -0.15) is 0 Å². The van der Waals surface area contributed by atoms with Crippen molar-refractivity contribution >= 4 is 5.97 Å². The molecule has 3 heteroatoms. The van der Waals surface area contributed by atoms with Crippen molar-refractivity contribution in [2.24, 2.45) is 0 Å². The molecule has 0 aliphatic rings. The minimum atomic E-state index is -0.745. The Labute approximate surface area is 36.6 Å². The molecule has 0 saturated heterocycles. The van der Waals surface area contributed by atoms with Gasteiger partial charge in [0, 0.05) is 6.42 Å². The third-order valence-corrected chi connectivity index (χ3v) is 0.302. The van der Waals surface area contributed by atoms with E-state index in [-0.39, 0.29) is 12.6 Å². The van der Waals surface area contributed by atoms with Crippen LogP contribution in [0.4, 0.5) is 0 Å². The number of hydrogen-bond acceptors (Lipinski definition) is 1. The highest BCUT2D eigenvalue weighted by atomic mass is 16.4. The Balaban J connectivity index is 0. The van der Waals surface area contributed by atoms with Crippen LogP contribution in [0.2, 0.25) is 0 Å². The molecule has 0 heterocycles. The van der Waals surface area contributed by atoms with Crippen molar-refractivity contribution in [3.8, 4) is 0 Å². The lowest BCUT2D eigenvalue weighted by Crippen LogP contribution is -1.86. The molecule has 5 N–H and O–H groups in total. The average molecular weight is 92.1 g/mol. The van der Waals surface area contributed by atoms with E-state index in [9.17, 15) is 4.79 Å². The van der Waals surface area contributed by atoms with Gasteiger partial charge < -0.3 is 11.3 Å². The summed E-state index contributed by atoms with van der Waals surface area (Å²) in [4.78, 5) is 9.37. The quantitative estimate of drug-likeness (QED) is 0.503. The van der Waals surface area contributed by atoms with Gasteiger partial charge in [-0.3, -0.25) is 4.79 Å². The van der Waals surface area contributed by atoms with Gasteiger partial charge in [0.05, 0.1) is 0 Å². The SMILES string of the molecule is CCC(=O)O.[NH4+]. The zero-order valence-corrected chi connectivity index (χ0v) is 4.06. The first kappa shape index (κ1) is 9.06. The van der Waals surface area contributed by atoms with Crippen LogP contribution in [-0.4, -0.2) is 11.1 Å². The fourth-order valence-corrected chi connectivity index (χ4v) is 0. The lowest BCUT2D eigenvalue weighted by molar-refractivity contribution is -0.136. The molecule has 0 rings (SSSR count). The number of rotatable bonds is 1. The highest BCUT2D eigenvalue weighted by molar-refractivity contribution is 5.66. The van der Waals surface area contributed by atoms with E-state index < -0.39 is 5.97 Å². The van der Waals surface area contributed by atoms with E-state index in [2.05, 4.69) is 0 Å². The second-order valence-corrected chi connectivity index (χ2v) is 0.747. The van der Waals surface area contributed by atoms with Crippen molar-refractivity contribution in [2.45, 2.75) is 13.3 Å². The smallest absolute Gasteiger partial charge is 0.303 e. The summed E-state index contributed by atoms with van der Waals surface area (Å²) in [5.41, 5.74) is 0. The van der Waals surface area contributed by atoms with Crippen LogP contribution in [-0.2, 0) is 4.79 Å². The molecular weight excluding hydrogens is 82.0 g/mol. The van der Waals surface area contributed by atoms with Crippen LogP contribution in [0.5, 0.6) is 0 Å². The van der Waals surface area contributed by atoms with Crippen LogP contribution >= 0.6 is 0 Å². The fraction of sp³-hybridized carbons (Fsp3) is 0.667. The van der Waals surface area contributed by atoms with Crippen LogP contribution in [0, 0.1) is 0 Å². The van der Waals surface area contributed by atoms with Gasteiger partial charge in [-0.15, -0.1) is 0 Å². The molecule has 0 spiro atoms. The summed E-state index contributed by atoms with van der Waals surface area (Å²) >= 11 is 0. The highest BCUT2D eigenvalue weighted by Gasteiger charge is 1.80. The van der Waals surface area contributed by atoms with Gasteiger partial charge >= 0.3 is 5.97 Å². The number of carboxylic acid groups (broad SMARTS) is 1. The molecule has 0 radical (unpaired) electrons. The second kappa shape index (κ2) is 4.43. The van der Waals surface area contributed by atoms with E-state index in [1.165, 1.54) is 0 Å². The number of carbonyl (C=O) groups is 1. The van der Waals surface area contributed by atoms with Crippen LogP contribution < -0.4 is 6.15 Å². The molecule has 0 unspecified atom stereocenters. The van der Waals surface area contributed by atoms with Crippen molar-refractivity contribution in [1.29, 1.82) is 0 Å². The minimum Gasteiger partial charge on any atom is -0.481 e. The van der Waals surface area contributed by atoms with E-state index in [0.29, 0.717) is 0 Å². The molecule has 6 heavy (non-hydrogen) atoms. The van der Waals surface area contributed by atoms with Crippen LogP contribution in [0.3, 0.4) is 0 Å². The Hall–Kier alpha value is -0.570. The van der Waals surface area contributed by atoms with Gasteiger partial charge in [-0.05, 0) is 0 Å². The summed E-state index contributed by atoms with van der Waals surface area (Å²) in [5, 5.41) is 7.72. The molecule has 0 amide bonds. The topological polar surface area (TPSA) is 73.8 Å². The summed E-state index contributed by atoms with van der Waals surface area (Å²) in [5.74, 6) is -0.745. The molecule has 0 aromatic rings. The second-order valence-electron chi connectivity index (χ2n) is 0.747. The fourth-order valence-electron chi connectivity index (χ4n) is 0. The first-order valence-corrected chi connectivity index (χ1v) is 1.49. The van der Waals surface area contributed by atoms with E-state index in [0.717, 1.165) is 0 Å². The van der Waals surface area contributed by atoms with E-state index in [4.69, 9.17) is 5.11 Å². The van der Waals surface area contributed by atoms with E-state index >= 15 is 0 Å². The van der Waals surface area contributed by atoms with Crippen molar-refractivity contribution in [2.75, 3.05) is 0 Å². The molecule has 0 fully saturated rings. The molecule has 0 atom stereocenters. The van der Waals surface area contributed by atoms with Gasteiger partial charge in [0.15, 0.2) is 0 Å². The van der Waals surface area contributed by atoms with E-state index in [1.807, 2.05) is 0 Å². The summed E-state index contributed by atoms with van der Waals surface area (Å²) in [6.45, 7) is 1.60. The zero-order valence-electron chi connectivity index (χ0n) is 4.06. The van der Waals surface area contributed by atoms with Gasteiger partial charge in [0.2, 0.25) is 0 Å². The summed E-state index contributed by atoms with van der Waals surface area (Å²) < 4.78 is 0. The van der Waals surface area contributed by atoms with Gasteiger partial charge in [-0.25, -0.2) is 0 Å². The highest BCUT2D eigenvalue weighted by Crippen LogP contribution is 1.67. The third-order valence-electron chi connectivity index (χ3n) is 0.302. The lowest BCUT2D eigenvalue weighted by atomic mass is 10.5. The summed E-state index contributed by atoms with van der Waals surface area (Å²) in [7, 11) is 0. The lowest BCUT2D eigenvalue weighted by Gasteiger charge is -1.71. The summed E-state index contributed by atoms with van der Waals surface area (Å²) in [6.07, 6.45) is 0.222. The predicted octanol–water partition coefficient (Wildman–Crippen LogP) is 0.857. The molecule has 38 valence electrons. The number of carboxylic acids is 1. The molecule has 3 nitrogen and oxygen atoms in total. The Morgan fingerprint density at radius 1 is 1.83 bits per heavy atom. The Bertz CT molecular complexity index is 44.1. The molecule has 0 aliphatic carbocycles. The largest absolute Gasteiger partial charge is 0.481 e. The maximum atomic E-state index is 9.37. The van der Waals surface area contributed by atoms with Crippen LogP contribution in [0.25, 0.3) is 0 Å². The first-order chi connectivity index (χ1) is 2.27. The maximum Gasteiger partial charge on any atom is 0.303 e. The average Bonchev–Trinajstić information content (AvgIpc) is 1.38. The van der Waals surface area contributed by atoms with Gasteiger partial charge in [0.25, 0.3) is 0 Å². The van der Waals surface area contributed by atoms with Gasteiger partial charge in [-0.1, -0.05) is 6.92 Å². The van der Waals surface area contributed by atoms with E-state index in [1.54, 1.807) is 6.92 Å². The standard InChI is InChI=1S/C3H6O2.H3N/c1-2-3(4)5;/h2H2,1H3,(H,4,5);1H3/p+1. The first-order valence-electron chi connectivity index (χ1n) is 1.49. The monoisotopic (exact) mass is 92.1 g/mol. The maximum absolute atomic E-state index is 9.37. The Morgan fingerprint density at radius 2 is 2.00 bits per heavy atom. The summed E-state index contributed by atoms with van der Waals surface area (Å²) in [6, 6.07) is 0. The van der Waals surface area contributed by atoms with Crippen molar-refractivity contribution < 1.29 is 9.90 Å². The van der Waals surface area contributed by atoms with Crippen LogP contribution in [0.15, 0.2) is 0 Å². The molecule has 0 aromatic carbocycles. The zero-order chi connectivity index (χ0) is 4.28. The molecule has 0 bridgehead atoms. The van der Waals surface area contributed by atoms with Crippen molar-refractivity contribution in [3.05, 3.63) is 0 Å². The van der Waals surface area contributed by atoms with Crippen LogP contribution in [0.1, 0.15) is 13.3 Å². The minimum absolute atomic E-state index is 0. The number of quaternary nitrogens is 1. The Kier molecular flexibility index (Phi) is 6.69. The molecular formula is C3H10NO2+. The predicted molar refractivity (Wildman–Crippen MR) is 23.9 cm³/mol. The van der Waals surface area contributed by atoms with Crippen molar-refractivity contribution in [1.82, 2.24) is 6.15 Å². The number of hydrogen-bond donors (Lipinski definition) is 2. The van der Waals surface area contributed by atoms with Gasteiger partial charge in [0.1, 0.15) is 0 Å². The Morgan fingerprint density at radius 3 is 2.00 bits per heavy atom.